The van der Waals surface area contributed by atoms with Crippen molar-refractivity contribution < 1.29 is 5.11 Å². The van der Waals surface area contributed by atoms with Crippen molar-refractivity contribution in [3.05, 3.63) is 53.1 Å². The maximum Gasteiger partial charge on any atom is 0.120 e. The summed E-state index contributed by atoms with van der Waals surface area (Å²) in [4.78, 5) is 2.02. The predicted octanol–water partition coefficient (Wildman–Crippen LogP) is 3.72. The molecule has 0 aliphatic carbocycles. The molecule has 0 saturated carbocycles. The lowest BCUT2D eigenvalue weighted by molar-refractivity contribution is 0.469. The van der Waals surface area contributed by atoms with Crippen LogP contribution in [0.1, 0.15) is 5.56 Å². The summed E-state index contributed by atoms with van der Waals surface area (Å²) in [5, 5.41) is 13.7. The lowest BCUT2D eigenvalue weighted by atomic mass is 10.2. The van der Waals surface area contributed by atoms with Crippen molar-refractivity contribution in [2.24, 2.45) is 0 Å². The number of hydrogen-bond donors (Lipinski definition) is 2. The number of aromatic hydroxyl groups is 1. The van der Waals surface area contributed by atoms with Gasteiger partial charge in [-0.1, -0.05) is 29.8 Å². The van der Waals surface area contributed by atoms with Crippen molar-refractivity contribution in [2.45, 2.75) is 6.54 Å². The smallest absolute Gasteiger partial charge is 0.120 e. The van der Waals surface area contributed by atoms with Crippen LogP contribution in [0.4, 0.5) is 11.4 Å². The molecule has 100 valence electrons. The number of halogens is 1. The summed E-state index contributed by atoms with van der Waals surface area (Å²) in [6, 6.07) is 13.0. The van der Waals surface area contributed by atoms with E-state index < -0.39 is 0 Å². The van der Waals surface area contributed by atoms with Crippen molar-refractivity contribution in [1.82, 2.24) is 0 Å². The Morgan fingerprint density at radius 2 is 1.89 bits per heavy atom. The first-order valence-electron chi connectivity index (χ1n) is 6.05. The Labute approximate surface area is 118 Å². The van der Waals surface area contributed by atoms with E-state index in [0.717, 1.165) is 16.9 Å². The van der Waals surface area contributed by atoms with Crippen LogP contribution < -0.4 is 10.2 Å². The number of phenolic OH excluding ortho intramolecular Hbond substituents is 1. The Kier molecular flexibility index (Phi) is 4.17. The third kappa shape index (κ3) is 3.32. The molecule has 0 aromatic heterocycles. The number of phenols is 1. The quantitative estimate of drug-likeness (QED) is 0.893. The molecule has 19 heavy (non-hydrogen) atoms. The number of rotatable bonds is 4. The molecule has 0 heterocycles. The molecule has 0 bridgehead atoms. The van der Waals surface area contributed by atoms with Crippen LogP contribution in [0.5, 0.6) is 5.75 Å². The van der Waals surface area contributed by atoms with Crippen molar-refractivity contribution in [2.75, 3.05) is 24.3 Å². The molecule has 0 fully saturated rings. The molecule has 2 rings (SSSR count). The van der Waals surface area contributed by atoms with E-state index in [1.807, 2.05) is 55.4 Å². The summed E-state index contributed by atoms with van der Waals surface area (Å²) in [6.45, 7) is 0.549. The molecular weight excluding hydrogens is 260 g/mol. The van der Waals surface area contributed by atoms with Crippen LogP contribution in [0.3, 0.4) is 0 Å². The van der Waals surface area contributed by atoms with Gasteiger partial charge in [0.15, 0.2) is 0 Å². The van der Waals surface area contributed by atoms with E-state index in [-0.39, 0.29) is 0 Å². The fourth-order valence-electron chi connectivity index (χ4n) is 1.89. The molecule has 0 amide bonds. The summed E-state index contributed by atoms with van der Waals surface area (Å²) in [6.07, 6.45) is 0. The Morgan fingerprint density at radius 1 is 1.16 bits per heavy atom. The molecule has 0 saturated heterocycles. The Balaban J connectivity index is 2.19. The zero-order valence-corrected chi connectivity index (χ0v) is 11.8. The van der Waals surface area contributed by atoms with Gasteiger partial charge in [0.05, 0.1) is 11.4 Å². The molecule has 2 N–H and O–H groups in total. The number of nitrogens with zero attached hydrogens (tertiary/aromatic N) is 1. The number of nitrogens with one attached hydrogen (secondary N) is 1. The third-order valence-electron chi connectivity index (χ3n) is 2.90. The zero-order chi connectivity index (χ0) is 13.8. The normalized spacial score (nSPS) is 10.3. The van der Waals surface area contributed by atoms with Crippen LogP contribution in [0, 0.1) is 0 Å². The highest BCUT2D eigenvalue weighted by molar-refractivity contribution is 6.31. The minimum Gasteiger partial charge on any atom is -0.508 e. The first-order chi connectivity index (χ1) is 9.08. The maximum atomic E-state index is 9.75. The predicted molar refractivity (Wildman–Crippen MR) is 81.2 cm³/mol. The van der Waals surface area contributed by atoms with E-state index in [2.05, 4.69) is 5.32 Å². The number of para-hydroxylation sites is 1. The van der Waals surface area contributed by atoms with E-state index in [0.29, 0.717) is 17.3 Å². The van der Waals surface area contributed by atoms with E-state index in [9.17, 15) is 5.11 Å². The molecule has 0 aliphatic heterocycles. The molecule has 2 aromatic rings. The highest BCUT2D eigenvalue weighted by Crippen LogP contribution is 2.28. The molecule has 0 atom stereocenters. The second-order valence-corrected chi connectivity index (χ2v) is 4.97. The van der Waals surface area contributed by atoms with Gasteiger partial charge in [-0.05, 0) is 24.3 Å². The van der Waals surface area contributed by atoms with Gasteiger partial charge in [0.2, 0.25) is 0 Å². The van der Waals surface area contributed by atoms with Crippen molar-refractivity contribution >= 4 is 23.0 Å². The fraction of sp³-hybridized carbons (Fsp3) is 0.200. The molecule has 0 unspecified atom stereocenters. The molecule has 4 heteroatoms. The summed E-state index contributed by atoms with van der Waals surface area (Å²) in [7, 11) is 3.96. The maximum absolute atomic E-state index is 9.75. The van der Waals surface area contributed by atoms with Gasteiger partial charge in [-0.2, -0.15) is 0 Å². The van der Waals surface area contributed by atoms with Crippen LogP contribution >= 0.6 is 11.6 Å². The van der Waals surface area contributed by atoms with Crippen molar-refractivity contribution in [3.63, 3.8) is 0 Å². The van der Waals surface area contributed by atoms with Gasteiger partial charge in [0.1, 0.15) is 5.75 Å². The standard InChI is InChI=1S/C15H17ClN2O/c1-18(2)14-8-7-12(16)9-13(14)17-10-11-5-3-4-6-15(11)19/h3-9,17,19H,10H2,1-2H3. The van der Waals surface area contributed by atoms with Gasteiger partial charge in [-0.3, -0.25) is 0 Å². The first-order valence-corrected chi connectivity index (χ1v) is 6.43. The van der Waals surface area contributed by atoms with Crippen LogP contribution in [-0.2, 0) is 6.54 Å². The molecule has 0 aliphatic rings. The lowest BCUT2D eigenvalue weighted by Gasteiger charge is -2.19. The molecular formula is C15H17ClN2O. The largest absolute Gasteiger partial charge is 0.508 e. The van der Waals surface area contributed by atoms with E-state index in [1.165, 1.54) is 0 Å². The van der Waals surface area contributed by atoms with Gasteiger partial charge in [0.25, 0.3) is 0 Å². The Bertz CT molecular complexity index is 570. The first kappa shape index (κ1) is 13.6. The highest BCUT2D eigenvalue weighted by Gasteiger charge is 2.06. The monoisotopic (exact) mass is 276 g/mol. The number of benzene rings is 2. The van der Waals surface area contributed by atoms with Crippen LogP contribution in [0.15, 0.2) is 42.5 Å². The lowest BCUT2D eigenvalue weighted by Crippen LogP contribution is -2.12. The minimum absolute atomic E-state index is 0.295. The van der Waals surface area contributed by atoms with Gasteiger partial charge >= 0.3 is 0 Å². The second-order valence-electron chi connectivity index (χ2n) is 4.54. The summed E-state index contributed by atoms with van der Waals surface area (Å²) < 4.78 is 0. The van der Waals surface area contributed by atoms with Gasteiger partial charge in [-0.15, -0.1) is 0 Å². The van der Waals surface area contributed by atoms with Crippen LogP contribution in [-0.4, -0.2) is 19.2 Å². The van der Waals surface area contributed by atoms with Gasteiger partial charge in [-0.25, -0.2) is 0 Å². The summed E-state index contributed by atoms with van der Waals surface area (Å²) in [5.74, 6) is 0.295. The molecule has 2 aromatic carbocycles. The van der Waals surface area contributed by atoms with E-state index >= 15 is 0 Å². The molecule has 3 nitrogen and oxygen atoms in total. The average Bonchev–Trinajstić information content (AvgIpc) is 2.37. The minimum atomic E-state index is 0.295. The second kappa shape index (κ2) is 5.85. The zero-order valence-electron chi connectivity index (χ0n) is 11.0. The van der Waals surface area contributed by atoms with Gasteiger partial charge in [0, 0.05) is 31.2 Å². The topological polar surface area (TPSA) is 35.5 Å². The van der Waals surface area contributed by atoms with E-state index in [4.69, 9.17) is 11.6 Å². The number of hydrogen-bond acceptors (Lipinski definition) is 3. The number of anilines is 2. The van der Waals surface area contributed by atoms with Crippen molar-refractivity contribution in [1.29, 1.82) is 0 Å². The third-order valence-corrected chi connectivity index (χ3v) is 3.14. The fourth-order valence-corrected chi connectivity index (χ4v) is 2.06. The van der Waals surface area contributed by atoms with Crippen molar-refractivity contribution in [3.8, 4) is 5.75 Å². The summed E-state index contributed by atoms with van der Waals surface area (Å²) in [5.41, 5.74) is 2.85. The average molecular weight is 277 g/mol. The molecule has 0 radical (unpaired) electrons. The Morgan fingerprint density at radius 3 is 2.58 bits per heavy atom. The summed E-state index contributed by atoms with van der Waals surface area (Å²) >= 11 is 6.03. The Hall–Kier alpha value is -1.87. The van der Waals surface area contributed by atoms with Crippen LogP contribution in [0.2, 0.25) is 5.02 Å². The van der Waals surface area contributed by atoms with Gasteiger partial charge < -0.3 is 15.3 Å². The van der Waals surface area contributed by atoms with Crippen LogP contribution in [0.25, 0.3) is 0 Å². The SMILES string of the molecule is CN(C)c1ccc(Cl)cc1NCc1ccccc1O. The van der Waals surface area contributed by atoms with E-state index in [1.54, 1.807) is 6.07 Å². The molecule has 0 spiro atoms. The highest BCUT2D eigenvalue weighted by atomic mass is 35.5.